The molecule has 3 nitrogen and oxygen atoms in total. The third-order valence-corrected chi connectivity index (χ3v) is 3.10. The smallest absolute Gasteiger partial charge is 0.194 e. The topological polar surface area (TPSA) is 29.3 Å². The van der Waals surface area contributed by atoms with Gasteiger partial charge in [-0.15, -0.1) is 11.3 Å². The fourth-order valence-electron chi connectivity index (χ4n) is 1.50. The van der Waals surface area contributed by atoms with Crippen LogP contribution in [0.15, 0.2) is 11.6 Å². The van der Waals surface area contributed by atoms with Gasteiger partial charge in [-0.05, 0) is 27.7 Å². The lowest BCUT2D eigenvalue weighted by Gasteiger charge is -2.20. The van der Waals surface area contributed by atoms with Crippen LogP contribution < -0.4 is 5.32 Å². The summed E-state index contributed by atoms with van der Waals surface area (Å²) in [5, 5.41) is 5.56. The number of aryl methyl sites for hydroxylation is 1. The van der Waals surface area contributed by atoms with Crippen LogP contribution in [0, 0.1) is 6.92 Å². The maximum atomic E-state index is 4.52. The van der Waals surface area contributed by atoms with Crippen LogP contribution in [0.3, 0.4) is 0 Å². The Kier molecular flexibility index (Phi) is 2.56. The fraction of sp³-hybridized carbons (Fsp3) is 0.545. The molecule has 0 saturated heterocycles. The number of rotatable bonds is 2. The zero-order valence-corrected chi connectivity index (χ0v) is 10.5. The van der Waals surface area contributed by atoms with Gasteiger partial charge in [-0.1, -0.05) is 0 Å². The standard InChI is InChI=1S/C11H17N3S/c1-8-9(7-12-11(2,3)4)14-5-6-15-10(14)13-8/h5-6,12H,7H2,1-4H3. The van der Waals surface area contributed by atoms with E-state index in [-0.39, 0.29) is 5.54 Å². The van der Waals surface area contributed by atoms with E-state index in [1.807, 2.05) is 0 Å². The lowest BCUT2D eigenvalue weighted by molar-refractivity contribution is 0.420. The molecule has 2 aromatic rings. The molecule has 0 spiro atoms. The number of aromatic nitrogens is 2. The molecule has 2 aromatic heterocycles. The zero-order chi connectivity index (χ0) is 11.1. The normalized spacial score (nSPS) is 12.5. The lowest BCUT2D eigenvalue weighted by atomic mass is 10.1. The summed E-state index contributed by atoms with van der Waals surface area (Å²) in [7, 11) is 0. The SMILES string of the molecule is Cc1nc2sccn2c1CNC(C)(C)C. The molecule has 0 atom stereocenters. The fourth-order valence-corrected chi connectivity index (χ4v) is 2.28. The van der Waals surface area contributed by atoms with E-state index in [1.165, 1.54) is 5.69 Å². The van der Waals surface area contributed by atoms with Gasteiger partial charge in [-0.3, -0.25) is 4.40 Å². The number of fused-ring (bicyclic) bond motifs is 1. The van der Waals surface area contributed by atoms with Gasteiger partial charge in [-0.2, -0.15) is 0 Å². The van der Waals surface area contributed by atoms with Gasteiger partial charge in [-0.25, -0.2) is 4.98 Å². The van der Waals surface area contributed by atoms with E-state index in [0.29, 0.717) is 0 Å². The Balaban J connectivity index is 2.26. The second-order valence-corrected chi connectivity index (χ2v) is 5.68. The third kappa shape index (κ3) is 2.21. The average Bonchev–Trinajstić information content (AvgIpc) is 2.60. The van der Waals surface area contributed by atoms with E-state index in [0.717, 1.165) is 17.2 Å². The second kappa shape index (κ2) is 3.61. The van der Waals surface area contributed by atoms with E-state index in [9.17, 15) is 0 Å². The van der Waals surface area contributed by atoms with Crippen molar-refractivity contribution in [1.82, 2.24) is 14.7 Å². The summed E-state index contributed by atoms with van der Waals surface area (Å²) in [4.78, 5) is 5.60. The van der Waals surface area contributed by atoms with Gasteiger partial charge in [0.05, 0.1) is 11.4 Å². The molecule has 0 aliphatic rings. The number of hydrogen-bond acceptors (Lipinski definition) is 3. The van der Waals surface area contributed by atoms with Crippen molar-refractivity contribution < 1.29 is 0 Å². The van der Waals surface area contributed by atoms with Crippen molar-refractivity contribution in [1.29, 1.82) is 0 Å². The number of hydrogen-bond donors (Lipinski definition) is 1. The van der Waals surface area contributed by atoms with E-state index in [4.69, 9.17) is 0 Å². The minimum absolute atomic E-state index is 0.145. The first-order valence-electron chi connectivity index (χ1n) is 5.13. The third-order valence-electron chi connectivity index (χ3n) is 2.35. The minimum atomic E-state index is 0.145. The van der Waals surface area contributed by atoms with Crippen molar-refractivity contribution in [3.05, 3.63) is 23.0 Å². The first-order chi connectivity index (χ1) is 6.97. The molecular weight excluding hydrogens is 206 g/mol. The highest BCUT2D eigenvalue weighted by molar-refractivity contribution is 7.15. The predicted octanol–water partition coefficient (Wildman–Crippen LogP) is 2.59. The van der Waals surface area contributed by atoms with E-state index in [2.05, 4.69) is 54.0 Å². The molecule has 2 heterocycles. The molecule has 2 rings (SSSR count). The number of nitrogens with zero attached hydrogens (tertiary/aromatic N) is 2. The van der Waals surface area contributed by atoms with E-state index < -0.39 is 0 Å². The van der Waals surface area contributed by atoms with Crippen LogP contribution in [0.2, 0.25) is 0 Å². The molecule has 4 heteroatoms. The van der Waals surface area contributed by atoms with Crippen LogP contribution in [0.4, 0.5) is 0 Å². The van der Waals surface area contributed by atoms with Crippen LogP contribution >= 0.6 is 11.3 Å². The molecular formula is C11H17N3S. The van der Waals surface area contributed by atoms with Crippen molar-refractivity contribution in [2.45, 2.75) is 39.8 Å². The number of thiazole rings is 1. The molecule has 82 valence electrons. The number of nitrogens with one attached hydrogen (secondary N) is 1. The molecule has 0 radical (unpaired) electrons. The maximum absolute atomic E-state index is 4.52. The first-order valence-corrected chi connectivity index (χ1v) is 6.01. The monoisotopic (exact) mass is 223 g/mol. The zero-order valence-electron chi connectivity index (χ0n) is 9.66. The van der Waals surface area contributed by atoms with Crippen molar-refractivity contribution in [3.63, 3.8) is 0 Å². The quantitative estimate of drug-likeness (QED) is 0.848. The number of imidazole rings is 1. The molecule has 15 heavy (non-hydrogen) atoms. The molecule has 0 aromatic carbocycles. The summed E-state index contributed by atoms with van der Waals surface area (Å²) in [5.74, 6) is 0. The van der Waals surface area contributed by atoms with Crippen LogP contribution in [0.1, 0.15) is 32.2 Å². The molecule has 0 unspecified atom stereocenters. The predicted molar refractivity (Wildman–Crippen MR) is 64.4 cm³/mol. The molecule has 0 saturated carbocycles. The van der Waals surface area contributed by atoms with Gasteiger partial charge in [0.15, 0.2) is 4.96 Å². The van der Waals surface area contributed by atoms with Gasteiger partial charge in [0.25, 0.3) is 0 Å². The van der Waals surface area contributed by atoms with Crippen molar-refractivity contribution >= 4 is 16.3 Å². The molecule has 0 amide bonds. The Hall–Kier alpha value is -0.870. The van der Waals surface area contributed by atoms with Crippen molar-refractivity contribution in [3.8, 4) is 0 Å². The minimum Gasteiger partial charge on any atom is -0.306 e. The van der Waals surface area contributed by atoms with Crippen LogP contribution in [-0.4, -0.2) is 14.9 Å². The molecule has 0 aliphatic carbocycles. The molecule has 0 aliphatic heterocycles. The van der Waals surface area contributed by atoms with Gasteiger partial charge < -0.3 is 5.32 Å². The van der Waals surface area contributed by atoms with E-state index in [1.54, 1.807) is 11.3 Å². The van der Waals surface area contributed by atoms with Gasteiger partial charge in [0, 0.05) is 23.7 Å². The largest absolute Gasteiger partial charge is 0.306 e. The van der Waals surface area contributed by atoms with Gasteiger partial charge >= 0.3 is 0 Å². The Bertz CT molecular complexity index is 462. The highest BCUT2D eigenvalue weighted by atomic mass is 32.1. The summed E-state index contributed by atoms with van der Waals surface area (Å²) in [6.07, 6.45) is 2.08. The Morgan fingerprint density at radius 3 is 2.87 bits per heavy atom. The lowest BCUT2D eigenvalue weighted by Crippen LogP contribution is -2.35. The Labute approximate surface area is 94.1 Å². The van der Waals surface area contributed by atoms with Crippen LogP contribution in [0.5, 0.6) is 0 Å². The van der Waals surface area contributed by atoms with Gasteiger partial charge in [0.1, 0.15) is 0 Å². The summed E-state index contributed by atoms with van der Waals surface area (Å²) in [6.45, 7) is 9.46. The van der Waals surface area contributed by atoms with Crippen molar-refractivity contribution in [2.75, 3.05) is 0 Å². The summed E-state index contributed by atoms with van der Waals surface area (Å²) >= 11 is 1.68. The highest BCUT2D eigenvalue weighted by Crippen LogP contribution is 2.17. The summed E-state index contributed by atoms with van der Waals surface area (Å²) in [6, 6.07) is 0. The van der Waals surface area contributed by atoms with Crippen molar-refractivity contribution in [2.24, 2.45) is 0 Å². The van der Waals surface area contributed by atoms with Crippen LogP contribution in [0.25, 0.3) is 4.96 Å². The maximum Gasteiger partial charge on any atom is 0.194 e. The van der Waals surface area contributed by atoms with Crippen LogP contribution in [-0.2, 0) is 6.54 Å². The Morgan fingerprint density at radius 2 is 2.20 bits per heavy atom. The summed E-state index contributed by atoms with van der Waals surface area (Å²) < 4.78 is 2.17. The molecule has 0 bridgehead atoms. The molecule has 1 N–H and O–H groups in total. The van der Waals surface area contributed by atoms with E-state index >= 15 is 0 Å². The van der Waals surface area contributed by atoms with Gasteiger partial charge in [0.2, 0.25) is 0 Å². The molecule has 0 fully saturated rings. The Morgan fingerprint density at radius 1 is 1.47 bits per heavy atom. The second-order valence-electron chi connectivity index (χ2n) is 4.80. The highest BCUT2D eigenvalue weighted by Gasteiger charge is 2.13. The first kappa shape index (κ1) is 10.6. The summed E-state index contributed by atoms with van der Waals surface area (Å²) in [5.41, 5.74) is 2.53. The average molecular weight is 223 g/mol.